The number of carbonyl (C=O) groups is 1. The molecule has 0 radical (unpaired) electrons. The van der Waals surface area contributed by atoms with Crippen molar-refractivity contribution in [1.82, 2.24) is 25.1 Å². The highest BCUT2D eigenvalue weighted by Gasteiger charge is 2.22. The van der Waals surface area contributed by atoms with Gasteiger partial charge in [0.25, 0.3) is 0 Å². The standard InChI is InChI=1S/C20H22ClN7O/c21-16-5-4-6-17(15-16)22-19(29)9-10-26-11-13-27(14-12-26)20-23-24-25-28(20)18-7-2-1-3-8-18/h1-8,15H,9-14H2,(H,22,29). The van der Waals surface area contributed by atoms with Gasteiger partial charge >= 0.3 is 0 Å². The van der Waals surface area contributed by atoms with E-state index in [0.29, 0.717) is 18.0 Å². The molecule has 1 amide bonds. The Morgan fingerprint density at radius 3 is 2.59 bits per heavy atom. The molecule has 0 saturated carbocycles. The van der Waals surface area contributed by atoms with Gasteiger partial charge in [-0.15, -0.1) is 0 Å². The molecule has 1 aromatic heterocycles. The number of benzene rings is 2. The summed E-state index contributed by atoms with van der Waals surface area (Å²) in [5.74, 6) is 0.734. The van der Waals surface area contributed by atoms with Crippen molar-refractivity contribution in [3.63, 3.8) is 0 Å². The van der Waals surface area contributed by atoms with Crippen molar-refractivity contribution < 1.29 is 4.79 Å². The summed E-state index contributed by atoms with van der Waals surface area (Å²) >= 11 is 5.95. The van der Waals surface area contributed by atoms with Crippen LogP contribution < -0.4 is 10.2 Å². The average Bonchev–Trinajstić information content (AvgIpc) is 3.23. The van der Waals surface area contributed by atoms with E-state index in [1.54, 1.807) is 16.8 Å². The summed E-state index contributed by atoms with van der Waals surface area (Å²) in [4.78, 5) is 16.7. The first kappa shape index (κ1) is 19.4. The Morgan fingerprint density at radius 1 is 1.03 bits per heavy atom. The number of amides is 1. The average molecular weight is 412 g/mol. The van der Waals surface area contributed by atoms with Crippen LogP contribution in [0.15, 0.2) is 54.6 Å². The predicted molar refractivity (Wildman–Crippen MR) is 113 cm³/mol. The summed E-state index contributed by atoms with van der Waals surface area (Å²) in [6.07, 6.45) is 0.439. The van der Waals surface area contributed by atoms with Crippen LogP contribution in [0.5, 0.6) is 0 Å². The van der Waals surface area contributed by atoms with Gasteiger partial charge in [-0.3, -0.25) is 9.69 Å². The zero-order valence-electron chi connectivity index (χ0n) is 15.9. The van der Waals surface area contributed by atoms with Gasteiger partial charge in [0.05, 0.1) is 5.69 Å². The highest BCUT2D eigenvalue weighted by Crippen LogP contribution is 2.18. The molecule has 0 atom stereocenters. The summed E-state index contributed by atoms with van der Waals surface area (Å²) in [7, 11) is 0. The Labute approximate surface area is 174 Å². The van der Waals surface area contributed by atoms with Gasteiger partial charge in [0.1, 0.15) is 0 Å². The van der Waals surface area contributed by atoms with Crippen LogP contribution in [0, 0.1) is 0 Å². The second-order valence-corrected chi connectivity index (χ2v) is 7.30. The first-order chi connectivity index (χ1) is 14.2. The van der Waals surface area contributed by atoms with Crippen molar-refractivity contribution >= 4 is 29.1 Å². The smallest absolute Gasteiger partial charge is 0.250 e. The molecule has 2 heterocycles. The van der Waals surface area contributed by atoms with Crippen molar-refractivity contribution in [3.8, 4) is 5.69 Å². The Balaban J connectivity index is 1.27. The lowest BCUT2D eigenvalue weighted by molar-refractivity contribution is -0.116. The van der Waals surface area contributed by atoms with Crippen LogP contribution in [0.1, 0.15) is 6.42 Å². The summed E-state index contributed by atoms with van der Waals surface area (Å²) in [6, 6.07) is 17.0. The molecule has 8 nitrogen and oxygen atoms in total. The van der Waals surface area contributed by atoms with E-state index in [4.69, 9.17) is 11.6 Å². The predicted octanol–water partition coefficient (Wildman–Crippen LogP) is 2.47. The molecule has 4 rings (SSSR count). The molecule has 0 bridgehead atoms. The van der Waals surface area contributed by atoms with E-state index < -0.39 is 0 Å². The summed E-state index contributed by atoms with van der Waals surface area (Å²) in [6.45, 7) is 4.04. The number of hydrogen-bond donors (Lipinski definition) is 1. The lowest BCUT2D eigenvalue weighted by Crippen LogP contribution is -2.47. The first-order valence-electron chi connectivity index (χ1n) is 9.55. The molecule has 1 fully saturated rings. The van der Waals surface area contributed by atoms with Gasteiger partial charge in [0, 0.05) is 49.9 Å². The number of hydrogen-bond acceptors (Lipinski definition) is 6. The number of carbonyl (C=O) groups excluding carboxylic acids is 1. The van der Waals surface area contributed by atoms with Crippen molar-refractivity contribution in [3.05, 3.63) is 59.6 Å². The van der Waals surface area contributed by atoms with Gasteiger partial charge in [0.2, 0.25) is 11.9 Å². The van der Waals surface area contributed by atoms with Crippen LogP contribution in [-0.2, 0) is 4.79 Å². The third-order valence-electron chi connectivity index (χ3n) is 4.87. The molecule has 1 saturated heterocycles. The Kier molecular flexibility index (Phi) is 6.02. The number of nitrogens with one attached hydrogen (secondary N) is 1. The van der Waals surface area contributed by atoms with Gasteiger partial charge < -0.3 is 10.2 Å². The van der Waals surface area contributed by atoms with Crippen LogP contribution in [-0.4, -0.2) is 63.7 Å². The van der Waals surface area contributed by atoms with Crippen LogP contribution in [0.2, 0.25) is 5.02 Å². The van der Waals surface area contributed by atoms with Crippen LogP contribution in [0.25, 0.3) is 5.69 Å². The van der Waals surface area contributed by atoms with Gasteiger partial charge in [-0.05, 0) is 40.8 Å². The molecule has 1 N–H and O–H groups in total. The topological polar surface area (TPSA) is 79.2 Å². The number of piperazine rings is 1. The van der Waals surface area contributed by atoms with Crippen molar-refractivity contribution in [2.24, 2.45) is 0 Å². The SMILES string of the molecule is O=C(CCN1CCN(c2nnnn2-c2ccccc2)CC1)Nc1cccc(Cl)c1. The molecule has 2 aromatic carbocycles. The molecule has 1 aliphatic rings. The Bertz CT molecular complexity index is 954. The number of aromatic nitrogens is 4. The molecule has 150 valence electrons. The number of rotatable bonds is 6. The number of tetrazole rings is 1. The molecule has 0 aliphatic carbocycles. The highest BCUT2D eigenvalue weighted by atomic mass is 35.5. The van der Waals surface area contributed by atoms with E-state index in [-0.39, 0.29) is 5.91 Å². The van der Waals surface area contributed by atoms with E-state index in [1.165, 1.54) is 0 Å². The minimum Gasteiger partial charge on any atom is -0.337 e. The fourth-order valence-corrected chi connectivity index (χ4v) is 3.53. The largest absolute Gasteiger partial charge is 0.337 e. The van der Waals surface area contributed by atoms with E-state index >= 15 is 0 Å². The number of halogens is 1. The monoisotopic (exact) mass is 411 g/mol. The van der Waals surface area contributed by atoms with E-state index in [9.17, 15) is 4.79 Å². The Morgan fingerprint density at radius 2 is 1.83 bits per heavy atom. The maximum absolute atomic E-state index is 12.2. The van der Waals surface area contributed by atoms with Crippen molar-refractivity contribution in [2.45, 2.75) is 6.42 Å². The van der Waals surface area contributed by atoms with E-state index in [0.717, 1.165) is 43.5 Å². The minimum absolute atomic E-state index is 0.0114. The van der Waals surface area contributed by atoms with Crippen LogP contribution in [0.4, 0.5) is 11.6 Å². The third-order valence-corrected chi connectivity index (χ3v) is 5.11. The summed E-state index contributed by atoms with van der Waals surface area (Å²) in [5.41, 5.74) is 1.66. The van der Waals surface area contributed by atoms with Gasteiger partial charge in [-0.25, -0.2) is 0 Å². The quantitative estimate of drug-likeness (QED) is 0.671. The van der Waals surface area contributed by atoms with Crippen molar-refractivity contribution in [2.75, 3.05) is 42.9 Å². The van der Waals surface area contributed by atoms with Gasteiger partial charge in [0.15, 0.2) is 0 Å². The van der Waals surface area contributed by atoms with Crippen molar-refractivity contribution in [1.29, 1.82) is 0 Å². The lowest BCUT2D eigenvalue weighted by atomic mass is 10.2. The molecule has 1 aliphatic heterocycles. The molecule has 29 heavy (non-hydrogen) atoms. The number of anilines is 2. The maximum atomic E-state index is 12.2. The minimum atomic E-state index is -0.0114. The molecule has 3 aromatic rings. The molecular formula is C20H22ClN7O. The second kappa shape index (κ2) is 9.02. The van der Waals surface area contributed by atoms with Crippen LogP contribution in [0.3, 0.4) is 0 Å². The molecule has 0 unspecified atom stereocenters. The van der Waals surface area contributed by atoms with Gasteiger partial charge in [-0.1, -0.05) is 41.0 Å². The first-order valence-corrected chi connectivity index (χ1v) is 9.93. The Hall–Kier alpha value is -2.97. The van der Waals surface area contributed by atoms with E-state index in [1.807, 2.05) is 42.5 Å². The van der Waals surface area contributed by atoms with Gasteiger partial charge in [-0.2, -0.15) is 4.68 Å². The normalized spacial score (nSPS) is 14.7. The van der Waals surface area contributed by atoms with Crippen LogP contribution >= 0.6 is 11.6 Å². The zero-order chi connectivity index (χ0) is 20.1. The number of nitrogens with zero attached hydrogens (tertiary/aromatic N) is 6. The highest BCUT2D eigenvalue weighted by molar-refractivity contribution is 6.30. The second-order valence-electron chi connectivity index (χ2n) is 6.86. The zero-order valence-corrected chi connectivity index (χ0v) is 16.7. The molecular weight excluding hydrogens is 390 g/mol. The fraction of sp³-hybridized carbons (Fsp3) is 0.300. The molecule has 9 heteroatoms. The maximum Gasteiger partial charge on any atom is 0.250 e. The molecule has 0 spiro atoms. The lowest BCUT2D eigenvalue weighted by Gasteiger charge is -2.34. The number of para-hydroxylation sites is 1. The van der Waals surface area contributed by atoms with E-state index in [2.05, 4.69) is 30.6 Å². The third kappa shape index (κ3) is 4.90. The fourth-order valence-electron chi connectivity index (χ4n) is 3.34. The summed E-state index contributed by atoms with van der Waals surface area (Å²) in [5, 5.41) is 15.7. The summed E-state index contributed by atoms with van der Waals surface area (Å²) < 4.78 is 1.76.